The smallest absolute Gasteiger partial charge is 0.0211 e. The average Bonchev–Trinajstić information content (AvgIpc) is 3.48. The molecular formula is C57H38. The molecule has 1 atom stereocenters. The number of hydrogen-bond donors (Lipinski definition) is 0. The van der Waals surface area contributed by atoms with Gasteiger partial charge < -0.3 is 0 Å². The van der Waals surface area contributed by atoms with Crippen molar-refractivity contribution in [3.63, 3.8) is 0 Å². The molecule has 0 amide bonds. The SMILES string of the molecule is CC1(C)c2cc(-c3ccc4cc(-c5ccc6ccc7c8c6c5C=CC8C=CC7)ccc4c3)ccc2-c2ccc(-c3ccc4ccc5cccc6ccc3c4c56)cc21. The van der Waals surface area contributed by atoms with E-state index in [-0.39, 0.29) is 5.41 Å². The molecule has 0 radical (unpaired) electrons. The van der Waals surface area contributed by atoms with Crippen molar-refractivity contribution in [2.45, 2.75) is 31.6 Å². The molecule has 3 aliphatic carbocycles. The summed E-state index contributed by atoms with van der Waals surface area (Å²) in [5.74, 6) is 0.386. The van der Waals surface area contributed by atoms with Gasteiger partial charge in [-0.05, 0) is 157 Å². The lowest BCUT2D eigenvalue weighted by molar-refractivity contribution is 0.661. The molecule has 0 aromatic heterocycles. The molecule has 0 N–H and O–H groups in total. The first kappa shape index (κ1) is 31.4. The van der Waals surface area contributed by atoms with E-state index in [1.54, 1.807) is 0 Å². The summed E-state index contributed by atoms with van der Waals surface area (Å²) in [5, 5.41) is 13.3. The van der Waals surface area contributed by atoms with Gasteiger partial charge >= 0.3 is 0 Å². The summed E-state index contributed by atoms with van der Waals surface area (Å²) < 4.78 is 0. The van der Waals surface area contributed by atoms with Crippen LogP contribution in [-0.2, 0) is 11.8 Å². The summed E-state index contributed by atoms with van der Waals surface area (Å²) in [6.45, 7) is 4.80. The third-order valence-corrected chi connectivity index (χ3v) is 13.8. The fourth-order valence-electron chi connectivity index (χ4n) is 11.0. The van der Waals surface area contributed by atoms with Crippen LogP contribution in [0.5, 0.6) is 0 Å². The molecule has 0 heterocycles. The van der Waals surface area contributed by atoms with Gasteiger partial charge in [0.2, 0.25) is 0 Å². The molecule has 0 saturated carbocycles. The monoisotopic (exact) mass is 722 g/mol. The highest BCUT2D eigenvalue weighted by molar-refractivity contribution is 6.25. The molecule has 10 aromatic carbocycles. The number of fused-ring (bicyclic) bond motifs is 4. The minimum absolute atomic E-state index is 0.129. The first-order chi connectivity index (χ1) is 28.0. The molecule has 0 saturated heterocycles. The Hall–Kier alpha value is -6.76. The van der Waals surface area contributed by atoms with Gasteiger partial charge in [0.15, 0.2) is 0 Å². The van der Waals surface area contributed by atoms with Gasteiger partial charge in [0.1, 0.15) is 0 Å². The molecule has 0 bridgehead atoms. The zero-order valence-electron chi connectivity index (χ0n) is 32.0. The van der Waals surface area contributed by atoms with Crippen molar-refractivity contribution in [2.24, 2.45) is 0 Å². The van der Waals surface area contributed by atoms with E-state index < -0.39 is 0 Å². The van der Waals surface area contributed by atoms with Crippen LogP contribution < -0.4 is 0 Å². The maximum atomic E-state index is 2.47. The number of benzene rings is 10. The fraction of sp³-hybridized carbons (Fsp3) is 0.0877. The molecule has 13 rings (SSSR count). The summed E-state index contributed by atoms with van der Waals surface area (Å²) in [7, 11) is 0. The Morgan fingerprint density at radius 1 is 0.439 bits per heavy atom. The van der Waals surface area contributed by atoms with Crippen molar-refractivity contribution < 1.29 is 0 Å². The van der Waals surface area contributed by atoms with Gasteiger partial charge in [0.25, 0.3) is 0 Å². The molecule has 57 heavy (non-hydrogen) atoms. The van der Waals surface area contributed by atoms with Gasteiger partial charge in [-0.2, -0.15) is 0 Å². The minimum Gasteiger partial charge on any atom is -0.0832 e. The molecule has 0 heteroatoms. The van der Waals surface area contributed by atoms with Crippen LogP contribution in [0.3, 0.4) is 0 Å². The van der Waals surface area contributed by atoms with E-state index in [9.17, 15) is 0 Å². The summed E-state index contributed by atoms with van der Waals surface area (Å²) in [6, 6.07) is 58.1. The number of hydrogen-bond acceptors (Lipinski definition) is 0. The van der Waals surface area contributed by atoms with Crippen LogP contribution in [0.15, 0.2) is 170 Å². The molecule has 10 aromatic rings. The van der Waals surface area contributed by atoms with Crippen LogP contribution in [-0.4, -0.2) is 0 Å². The van der Waals surface area contributed by atoms with Crippen LogP contribution in [0.25, 0.3) is 104 Å². The third kappa shape index (κ3) is 4.33. The zero-order chi connectivity index (χ0) is 37.6. The molecular weight excluding hydrogens is 685 g/mol. The van der Waals surface area contributed by atoms with Crippen molar-refractivity contribution in [2.75, 3.05) is 0 Å². The Bertz CT molecular complexity index is 3440. The van der Waals surface area contributed by atoms with Gasteiger partial charge in [0, 0.05) is 11.3 Å². The lowest BCUT2D eigenvalue weighted by Crippen LogP contribution is -2.15. The van der Waals surface area contributed by atoms with Crippen LogP contribution in [0, 0.1) is 0 Å². The summed E-state index contributed by atoms with van der Waals surface area (Å²) in [5.41, 5.74) is 17.4. The highest BCUT2D eigenvalue weighted by Gasteiger charge is 2.36. The molecule has 0 aliphatic heterocycles. The second-order valence-corrected chi connectivity index (χ2v) is 17.2. The molecule has 1 unspecified atom stereocenters. The first-order valence-corrected chi connectivity index (χ1v) is 20.4. The fourth-order valence-corrected chi connectivity index (χ4v) is 11.0. The minimum atomic E-state index is -0.129. The van der Waals surface area contributed by atoms with Gasteiger partial charge in [0.05, 0.1) is 0 Å². The van der Waals surface area contributed by atoms with Crippen molar-refractivity contribution in [3.05, 3.63) is 198 Å². The molecule has 0 fully saturated rings. The zero-order valence-corrected chi connectivity index (χ0v) is 32.0. The van der Waals surface area contributed by atoms with Crippen molar-refractivity contribution in [3.8, 4) is 44.5 Å². The van der Waals surface area contributed by atoms with E-state index in [1.807, 2.05) is 0 Å². The van der Waals surface area contributed by atoms with E-state index in [2.05, 4.69) is 190 Å². The average molecular weight is 723 g/mol. The van der Waals surface area contributed by atoms with E-state index >= 15 is 0 Å². The highest BCUT2D eigenvalue weighted by atomic mass is 14.4. The normalized spacial score (nSPS) is 16.0. The van der Waals surface area contributed by atoms with Gasteiger partial charge in [-0.25, -0.2) is 0 Å². The molecule has 0 nitrogen and oxygen atoms in total. The maximum Gasteiger partial charge on any atom is 0.0211 e. The topological polar surface area (TPSA) is 0 Å². The number of rotatable bonds is 3. The first-order valence-electron chi connectivity index (χ1n) is 20.4. The maximum absolute atomic E-state index is 2.47. The highest BCUT2D eigenvalue weighted by Crippen LogP contribution is 2.52. The Morgan fingerprint density at radius 3 is 1.79 bits per heavy atom. The van der Waals surface area contributed by atoms with Crippen LogP contribution in [0.2, 0.25) is 0 Å². The Labute approximate surface area is 332 Å². The van der Waals surface area contributed by atoms with Crippen molar-refractivity contribution >= 4 is 59.9 Å². The predicted molar refractivity (Wildman–Crippen MR) is 244 cm³/mol. The predicted octanol–water partition coefficient (Wildman–Crippen LogP) is 15.4. The Balaban J connectivity index is 0.860. The van der Waals surface area contributed by atoms with Gasteiger partial charge in [-0.3, -0.25) is 0 Å². The van der Waals surface area contributed by atoms with Crippen LogP contribution in [0.4, 0.5) is 0 Å². The molecule has 3 aliphatic rings. The number of allylic oxidation sites excluding steroid dienone is 3. The Morgan fingerprint density at radius 2 is 0.982 bits per heavy atom. The van der Waals surface area contributed by atoms with E-state index in [1.165, 1.54) is 126 Å². The second-order valence-electron chi connectivity index (χ2n) is 17.2. The van der Waals surface area contributed by atoms with Gasteiger partial charge in [-0.15, -0.1) is 0 Å². The van der Waals surface area contributed by atoms with Gasteiger partial charge in [-0.1, -0.05) is 166 Å². The van der Waals surface area contributed by atoms with E-state index in [0.717, 1.165) is 6.42 Å². The summed E-state index contributed by atoms with van der Waals surface area (Å²) in [4.78, 5) is 0. The van der Waals surface area contributed by atoms with Crippen molar-refractivity contribution in [1.29, 1.82) is 0 Å². The van der Waals surface area contributed by atoms with E-state index in [4.69, 9.17) is 0 Å². The molecule has 0 spiro atoms. The van der Waals surface area contributed by atoms with Crippen LogP contribution in [0.1, 0.15) is 47.6 Å². The molecule has 266 valence electrons. The third-order valence-electron chi connectivity index (χ3n) is 13.8. The quantitative estimate of drug-likeness (QED) is 0.126. The lowest BCUT2D eigenvalue weighted by atomic mass is 9.77. The summed E-state index contributed by atoms with van der Waals surface area (Å²) in [6.07, 6.45) is 10.5. The summed E-state index contributed by atoms with van der Waals surface area (Å²) >= 11 is 0. The largest absolute Gasteiger partial charge is 0.0832 e. The van der Waals surface area contributed by atoms with E-state index in [0.29, 0.717) is 5.92 Å². The standard InChI is InChI=1S/C57H38/c1-57(2)51-31-42(21-25-47(51)48-26-22-44(32-52(48)57)46-24-18-38-12-10-34-6-4-8-36-20-28-50(46)56(38)54(34)36)40-13-14-41-30-43(16-15-39(41)29-40)45-23-17-37-11-9-33-5-3-7-35-19-27-49(45)55(37)53(33)35/h3-4,6-32,35H,5H2,1-2H3. The Kier molecular flexibility index (Phi) is 6.17. The van der Waals surface area contributed by atoms with Crippen molar-refractivity contribution in [1.82, 2.24) is 0 Å². The lowest BCUT2D eigenvalue weighted by Gasteiger charge is -2.26. The van der Waals surface area contributed by atoms with Crippen LogP contribution >= 0.6 is 0 Å². The second kappa shape index (κ2) is 11.2.